The summed E-state index contributed by atoms with van der Waals surface area (Å²) in [5, 5.41) is 1.61. The molecule has 5 heteroatoms. The largest absolute Gasteiger partial charge is 0.248 e. The molecule has 1 aromatic carbocycles. The summed E-state index contributed by atoms with van der Waals surface area (Å²) in [4.78, 5) is 13.1. The number of aryl methyl sites for hydroxylation is 1. The van der Waals surface area contributed by atoms with Crippen molar-refractivity contribution in [1.29, 1.82) is 0 Å². The monoisotopic (exact) mass is 359 g/mol. The van der Waals surface area contributed by atoms with Crippen LogP contribution in [0.3, 0.4) is 0 Å². The molecule has 21 heavy (non-hydrogen) atoms. The summed E-state index contributed by atoms with van der Waals surface area (Å²) in [5.41, 5.74) is 2.55. The fraction of sp³-hybridized carbons (Fsp3) is 0.0625. The van der Waals surface area contributed by atoms with Crippen LogP contribution < -0.4 is 0 Å². The Kier molecular flexibility index (Phi) is 3.99. The number of pyridine rings is 1. The molecule has 0 aliphatic rings. The average Bonchev–Trinajstić information content (AvgIpc) is 2.45. The molecule has 0 aliphatic carbocycles. The van der Waals surface area contributed by atoms with Crippen LogP contribution in [0, 0.1) is 6.92 Å². The number of aromatic nitrogens is 3. The summed E-state index contributed by atoms with van der Waals surface area (Å²) < 4.78 is 0.974. The van der Waals surface area contributed by atoms with Crippen LogP contribution in [0.5, 0.6) is 0 Å². The van der Waals surface area contributed by atoms with Crippen molar-refractivity contribution in [3.05, 3.63) is 63.2 Å². The van der Waals surface area contributed by atoms with Gasteiger partial charge in [0.1, 0.15) is 0 Å². The van der Waals surface area contributed by atoms with E-state index in [-0.39, 0.29) is 0 Å². The Morgan fingerprint density at radius 1 is 1.10 bits per heavy atom. The molecule has 3 aromatic rings. The molecule has 3 nitrogen and oxygen atoms in total. The molecule has 2 aromatic heterocycles. The van der Waals surface area contributed by atoms with Gasteiger partial charge in [0.05, 0.1) is 16.2 Å². The van der Waals surface area contributed by atoms with E-state index >= 15 is 0 Å². The van der Waals surface area contributed by atoms with Gasteiger partial charge in [-0.1, -0.05) is 33.6 Å². The van der Waals surface area contributed by atoms with Gasteiger partial charge in [0, 0.05) is 21.7 Å². The second-order valence-electron chi connectivity index (χ2n) is 4.58. The Labute approximate surface area is 135 Å². The number of hydrogen-bond donors (Lipinski definition) is 0. The van der Waals surface area contributed by atoms with Gasteiger partial charge in [0.25, 0.3) is 0 Å². The molecule has 0 saturated carbocycles. The van der Waals surface area contributed by atoms with E-state index in [9.17, 15) is 0 Å². The maximum absolute atomic E-state index is 6.30. The summed E-state index contributed by atoms with van der Waals surface area (Å²) in [7, 11) is 0. The summed E-state index contributed by atoms with van der Waals surface area (Å²) in [6, 6.07) is 9.55. The lowest BCUT2D eigenvalue weighted by molar-refractivity contribution is 1.08. The summed E-state index contributed by atoms with van der Waals surface area (Å²) >= 11 is 9.75. The van der Waals surface area contributed by atoms with E-state index in [1.54, 1.807) is 6.20 Å². The van der Waals surface area contributed by atoms with Crippen LogP contribution in [0.4, 0.5) is 0 Å². The molecule has 0 radical (unpaired) electrons. The molecule has 104 valence electrons. The molecule has 0 aliphatic heterocycles. The number of fused-ring (bicyclic) bond motifs is 1. The van der Waals surface area contributed by atoms with E-state index in [0.29, 0.717) is 10.8 Å². The van der Waals surface area contributed by atoms with Gasteiger partial charge < -0.3 is 0 Å². The van der Waals surface area contributed by atoms with E-state index < -0.39 is 0 Å². The molecule has 0 atom stereocenters. The summed E-state index contributed by atoms with van der Waals surface area (Å²) in [6.45, 7) is 1.93. The maximum Gasteiger partial charge on any atom is 0.152 e. The highest BCUT2D eigenvalue weighted by atomic mass is 79.9. The van der Waals surface area contributed by atoms with Gasteiger partial charge in [-0.3, -0.25) is 0 Å². The van der Waals surface area contributed by atoms with Crippen molar-refractivity contribution < 1.29 is 0 Å². The van der Waals surface area contributed by atoms with Crippen molar-refractivity contribution in [3.8, 4) is 0 Å². The minimum Gasteiger partial charge on any atom is -0.248 e. The third-order valence-corrected chi connectivity index (χ3v) is 3.76. The SMILES string of the molecule is Cc1ccnc(C=Cc2cc(Cl)c3ccc(Br)cc3n2)n1. The Bertz CT molecular complexity index is 846. The zero-order chi connectivity index (χ0) is 14.8. The first-order valence-electron chi connectivity index (χ1n) is 6.35. The van der Waals surface area contributed by atoms with Crippen LogP contribution in [0.25, 0.3) is 23.1 Å². The predicted octanol–water partition coefficient (Wildman–Crippen LogP) is 4.92. The quantitative estimate of drug-likeness (QED) is 0.651. The van der Waals surface area contributed by atoms with Crippen LogP contribution >= 0.6 is 27.5 Å². The fourth-order valence-corrected chi connectivity index (χ4v) is 2.59. The van der Waals surface area contributed by atoms with Crippen LogP contribution in [-0.4, -0.2) is 15.0 Å². The van der Waals surface area contributed by atoms with E-state index in [4.69, 9.17) is 11.6 Å². The number of hydrogen-bond acceptors (Lipinski definition) is 3. The Morgan fingerprint density at radius 3 is 2.76 bits per heavy atom. The number of rotatable bonds is 2. The zero-order valence-corrected chi connectivity index (χ0v) is 13.6. The van der Waals surface area contributed by atoms with Gasteiger partial charge >= 0.3 is 0 Å². The van der Waals surface area contributed by atoms with Crippen molar-refractivity contribution >= 4 is 50.6 Å². The average molecular weight is 361 g/mol. The topological polar surface area (TPSA) is 38.7 Å². The lowest BCUT2D eigenvalue weighted by Crippen LogP contribution is -1.89. The highest BCUT2D eigenvalue weighted by Crippen LogP contribution is 2.26. The van der Waals surface area contributed by atoms with Crippen LogP contribution in [0.15, 0.2) is 41.0 Å². The molecule has 0 bridgehead atoms. The van der Waals surface area contributed by atoms with Gasteiger partial charge in [0.2, 0.25) is 0 Å². The van der Waals surface area contributed by atoms with Crippen molar-refractivity contribution in [2.24, 2.45) is 0 Å². The van der Waals surface area contributed by atoms with Crippen molar-refractivity contribution in [2.75, 3.05) is 0 Å². The molecular formula is C16H11BrClN3. The predicted molar refractivity (Wildman–Crippen MR) is 90.2 cm³/mol. The van der Waals surface area contributed by atoms with E-state index in [2.05, 4.69) is 30.9 Å². The lowest BCUT2D eigenvalue weighted by atomic mass is 10.2. The smallest absolute Gasteiger partial charge is 0.152 e. The highest BCUT2D eigenvalue weighted by Gasteiger charge is 2.03. The Morgan fingerprint density at radius 2 is 1.95 bits per heavy atom. The van der Waals surface area contributed by atoms with Crippen molar-refractivity contribution in [2.45, 2.75) is 6.92 Å². The molecule has 0 spiro atoms. The van der Waals surface area contributed by atoms with Crippen LogP contribution in [0.1, 0.15) is 17.2 Å². The number of nitrogens with zero attached hydrogens (tertiary/aromatic N) is 3. The molecule has 0 N–H and O–H groups in total. The first kappa shape index (κ1) is 14.2. The molecular weight excluding hydrogens is 350 g/mol. The lowest BCUT2D eigenvalue weighted by Gasteiger charge is -2.03. The molecule has 0 saturated heterocycles. The van der Waals surface area contributed by atoms with E-state index in [1.165, 1.54) is 0 Å². The number of benzene rings is 1. The second kappa shape index (κ2) is 5.92. The maximum atomic E-state index is 6.30. The molecule has 0 fully saturated rings. The molecule has 0 amide bonds. The Hall–Kier alpha value is -1.78. The van der Waals surface area contributed by atoms with Gasteiger partial charge in [-0.2, -0.15) is 0 Å². The van der Waals surface area contributed by atoms with Gasteiger partial charge in [0.15, 0.2) is 5.82 Å². The third kappa shape index (κ3) is 3.28. The highest BCUT2D eigenvalue weighted by molar-refractivity contribution is 9.10. The first-order valence-corrected chi connectivity index (χ1v) is 7.52. The Balaban J connectivity index is 2.01. The van der Waals surface area contributed by atoms with E-state index in [1.807, 2.05) is 49.4 Å². The standard InChI is InChI=1S/C16H11BrClN3/c1-10-6-7-19-16(20-10)5-3-12-9-14(18)13-4-2-11(17)8-15(13)21-12/h2-9H,1H3. The van der Waals surface area contributed by atoms with Gasteiger partial charge in [-0.15, -0.1) is 0 Å². The summed E-state index contributed by atoms with van der Waals surface area (Å²) in [6.07, 6.45) is 5.43. The molecule has 3 rings (SSSR count). The number of halogens is 2. The van der Waals surface area contributed by atoms with Gasteiger partial charge in [-0.25, -0.2) is 15.0 Å². The molecule has 2 heterocycles. The first-order chi connectivity index (χ1) is 10.1. The van der Waals surface area contributed by atoms with Gasteiger partial charge in [-0.05, 0) is 43.3 Å². The van der Waals surface area contributed by atoms with Crippen LogP contribution in [0.2, 0.25) is 5.02 Å². The normalized spacial score (nSPS) is 11.4. The minimum absolute atomic E-state index is 0.655. The fourth-order valence-electron chi connectivity index (χ4n) is 1.97. The zero-order valence-electron chi connectivity index (χ0n) is 11.2. The van der Waals surface area contributed by atoms with Crippen molar-refractivity contribution in [1.82, 2.24) is 15.0 Å². The summed E-state index contributed by atoms with van der Waals surface area (Å²) in [5.74, 6) is 0.655. The van der Waals surface area contributed by atoms with Crippen LogP contribution in [-0.2, 0) is 0 Å². The second-order valence-corrected chi connectivity index (χ2v) is 5.90. The third-order valence-electron chi connectivity index (χ3n) is 2.96. The van der Waals surface area contributed by atoms with E-state index in [0.717, 1.165) is 26.8 Å². The minimum atomic E-state index is 0.655. The van der Waals surface area contributed by atoms with Crippen molar-refractivity contribution in [3.63, 3.8) is 0 Å². The molecule has 0 unspecified atom stereocenters.